The summed E-state index contributed by atoms with van der Waals surface area (Å²) in [4.78, 5) is 39.0. The van der Waals surface area contributed by atoms with Crippen molar-refractivity contribution in [3.05, 3.63) is 57.6 Å². The number of phenolic OH excluding ortho intramolecular Hbond substituents is 2. The maximum Gasteiger partial charge on any atom is 0.198 e. The second-order valence-electron chi connectivity index (χ2n) is 9.65. The highest BCUT2D eigenvalue weighted by atomic mass is 16.7. The molecule has 0 bridgehead atoms. The Morgan fingerprint density at radius 3 is 2.26 bits per heavy atom. The van der Waals surface area contributed by atoms with Crippen LogP contribution >= 0.6 is 0 Å². The van der Waals surface area contributed by atoms with Crippen LogP contribution in [0.25, 0.3) is 0 Å². The number of hydrogen-bond donors (Lipinski definition) is 4. The standard InChI is InChI=1S/C26H27NO8/c1-11-16(27)7-8-18(34-11)35-17-10-26(33,12(2)28)9-15-19(17)25(32)21-20(24(15)31)22(29)13-5-3-4-6-14(13)23(21)30/h3-6,11,16-18,31-33H,7-10,27H2,1-2H3/t11-,16+,17+,18-,26+/m1/s1. The Bertz CT molecular complexity index is 1270. The summed E-state index contributed by atoms with van der Waals surface area (Å²) in [6.07, 6.45) is -1.64. The Hall–Kier alpha value is -3.11. The average Bonchev–Trinajstić information content (AvgIpc) is 2.82. The molecule has 9 nitrogen and oxygen atoms in total. The van der Waals surface area contributed by atoms with Crippen LogP contribution in [0.4, 0.5) is 0 Å². The van der Waals surface area contributed by atoms with Crippen molar-refractivity contribution >= 4 is 17.3 Å². The van der Waals surface area contributed by atoms with Gasteiger partial charge in [0.2, 0.25) is 0 Å². The Morgan fingerprint density at radius 2 is 1.69 bits per heavy atom. The molecular weight excluding hydrogens is 454 g/mol. The Kier molecular flexibility index (Phi) is 5.56. The van der Waals surface area contributed by atoms with Gasteiger partial charge in [-0.05, 0) is 26.7 Å². The molecular formula is C26H27NO8. The van der Waals surface area contributed by atoms with Crippen molar-refractivity contribution in [1.82, 2.24) is 0 Å². The van der Waals surface area contributed by atoms with Crippen LogP contribution in [0.2, 0.25) is 0 Å². The maximum atomic E-state index is 13.3. The van der Waals surface area contributed by atoms with Crippen LogP contribution in [0.1, 0.15) is 82.2 Å². The summed E-state index contributed by atoms with van der Waals surface area (Å²) in [6.45, 7) is 3.03. The highest BCUT2D eigenvalue weighted by Gasteiger charge is 2.48. The first kappa shape index (κ1) is 23.6. The summed E-state index contributed by atoms with van der Waals surface area (Å²) >= 11 is 0. The first-order chi connectivity index (χ1) is 16.5. The van der Waals surface area contributed by atoms with E-state index in [2.05, 4.69) is 0 Å². The van der Waals surface area contributed by atoms with Crippen LogP contribution in [-0.4, -0.2) is 56.7 Å². The number of rotatable bonds is 3. The number of aliphatic hydroxyl groups is 1. The van der Waals surface area contributed by atoms with E-state index >= 15 is 0 Å². The van der Waals surface area contributed by atoms with E-state index in [0.717, 1.165) is 0 Å². The van der Waals surface area contributed by atoms with Crippen molar-refractivity contribution in [2.45, 2.75) is 69.7 Å². The van der Waals surface area contributed by atoms with Crippen LogP contribution in [0.5, 0.6) is 11.5 Å². The van der Waals surface area contributed by atoms with Crippen LogP contribution in [-0.2, 0) is 20.7 Å². The lowest BCUT2D eigenvalue weighted by molar-refractivity contribution is -0.226. The number of aromatic hydroxyl groups is 2. The third-order valence-corrected chi connectivity index (χ3v) is 7.45. The number of Topliss-reactive ketones (excluding diaryl/α,β-unsaturated/α-hetero) is 1. The molecule has 1 fully saturated rings. The van der Waals surface area contributed by atoms with Crippen molar-refractivity contribution in [3.8, 4) is 11.5 Å². The van der Waals surface area contributed by atoms with Crippen molar-refractivity contribution in [3.63, 3.8) is 0 Å². The molecule has 0 saturated carbocycles. The van der Waals surface area contributed by atoms with E-state index in [9.17, 15) is 29.7 Å². The van der Waals surface area contributed by atoms with E-state index in [-0.39, 0.29) is 58.4 Å². The van der Waals surface area contributed by atoms with E-state index in [1.165, 1.54) is 19.1 Å². The van der Waals surface area contributed by atoms with Crippen molar-refractivity contribution in [1.29, 1.82) is 0 Å². The molecule has 5 atom stereocenters. The topological polar surface area (TPSA) is 156 Å². The van der Waals surface area contributed by atoms with E-state index in [4.69, 9.17) is 15.2 Å². The number of nitrogens with two attached hydrogens (primary N) is 1. The van der Waals surface area contributed by atoms with Gasteiger partial charge in [-0.15, -0.1) is 0 Å². The molecule has 2 aromatic carbocycles. The predicted molar refractivity (Wildman–Crippen MR) is 122 cm³/mol. The summed E-state index contributed by atoms with van der Waals surface area (Å²) in [5.74, 6) is -2.84. The predicted octanol–water partition coefficient (Wildman–Crippen LogP) is 2.05. The third kappa shape index (κ3) is 3.58. The van der Waals surface area contributed by atoms with Crippen LogP contribution in [0.3, 0.4) is 0 Å². The SMILES string of the molecule is CC(=O)[C@]1(O)Cc2c(O)c3c(c(O)c2[C@@H](O[C@@H]2CC[C@H](N)[C@@H](C)O2)C1)C(=O)c1ccccc1C3=O. The highest BCUT2D eigenvalue weighted by molar-refractivity contribution is 6.30. The number of phenols is 2. The summed E-state index contributed by atoms with van der Waals surface area (Å²) in [5.41, 5.74) is 3.73. The molecule has 2 aromatic rings. The quantitative estimate of drug-likeness (QED) is 0.411. The van der Waals surface area contributed by atoms with Crippen LogP contribution in [0, 0.1) is 0 Å². The molecule has 3 aliphatic rings. The van der Waals surface area contributed by atoms with Gasteiger partial charge in [0.1, 0.15) is 17.1 Å². The second kappa shape index (κ2) is 8.23. The molecule has 184 valence electrons. The average molecular weight is 482 g/mol. The maximum absolute atomic E-state index is 13.3. The summed E-state index contributed by atoms with van der Waals surface area (Å²) in [7, 11) is 0. The molecule has 5 N–H and O–H groups in total. The molecule has 35 heavy (non-hydrogen) atoms. The van der Waals surface area contributed by atoms with Gasteiger partial charge in [0.05, 0.1) is 23.3 Å². The van der Waals surface area contributed by atoms with E-state index in [0.29, 0.717) is 12.8 Å². The molecule has 0 unspecified atom stereocenters. The zero-order valence-electron chi connectivity index (χ0n) is 19.4. The lowest BCUT2D eigenvalue weighted by atomic mass is 9.72. The van der Waals surface area contributed by atoms with Gasteiger partial charge in [-0.2, -0.15) is 0 Å². The Morgan fingerprint density at radius 1 is 1.09 bits per heavy atom. The van der Waals surface area contributed by atoms with E-state index in [1.807, 2.05) is 6.92 Å². The lowest BCUT2D eigenvalue weighted by Crippen LogP contribution is -2.47. The number of fused-ring (bicyclic) bond motifs is 3. The molecule has 5 rings (SSSR count). The number of benzene rings is 2. The minimum Gasteiger partial charge on any atom is -0.507 e. The number of carbonyl (C=O) groups is 3. The minimum absolute atomic E-state index is 0.00343. The zero-order chi connectivity index (χ0) is 25.2. The molecule has 9 heteroatoms. The molecule has 2 aliphatic carbocycles. The fourth-order valence-electron chi connectivity index (χ4n) is 5.32. The molecule has 0 aromatic heterocycles. The van der Waals surface area contributed by atoms with Gasteiger partial charge in [0, 0.05) is 41.1 Å². The zero-order valence-corrected chi connectivity index (χ0v) is 19.4. The van der Waals surface area contributed by atoms with Crippen molar-refractivity contribution < 1.29 is 39.2 Å². The fourth-order valence-corrected chi connectivity index (χ4v) is 5.32. The Balaban J connectivity index is 1.67. The molecule has 0 radical (unpaired) electrons. The molecule has 1 saturated heterocycles. The van der Waals surface area contributed by atoms with Gasteiger partial charge in [-0.1, -0.05) is 24.3 Å². The van der Waals surface area contributed by atoms with Gasteiger partial charge in [-0.25, -0.2) is 0 Å². The van der Waals surface area contributed by atoms with Gasteiger partial charge in [0.15, 0.2) is 23.6 Å². The van der Waals surface area contributed by atoms with Crippen molar-refractivity contribution in [2.75, 3.05) is 0 Å². The molecule has 0 amide bonds. The number of ketones is 3. The molecule has 0 spiro atoms. The third-order valence-electron chi connectivity index (χ3n) is 7.45. The summed E-state index contributed by atoms with van der Waals surface area (Å²) in [5, 5.41) is 33.7. The monoisotopic (exact) mass is 481 g/mol. The van der Waals surface area contributed by atoms with Crippen molar-refractivity contribution in [2.24, 2.45) is 5.73 Å². The van der Waals surface area contributed by atoms with Crippen LogP contribution in [0.15, 0.2) is 24.3 Å². The first-order valence-corrected chi connectivity index (χ1v) is 11.6. The van der Waals surface area contributed by atoms with E-state index < -0.39 is 46.8 Å². The van der Waals surface area contributed by atoms with Gasteiger partial charge in [-0.3, -0.25) is 14.4 Å². The lowest BCUT2D eigenvalue weighted by Gasteiger charge is -2.41. The first-order valence-electron chi connectivity index (χ1n) is 11.6. The highest BCUT2D eigenvalue weighted by Crippen LogP contribution is 2.51. The molecule has 1 aliphatic heterocycles. The fraction of sp³-hybridized carbons (Fsp3) is 0.423. The summed E-state index contributed by atoms with van der Waals surface area (Å²) in [6, 6.07) is 5.99. The normalized spacial score (nSPS) is 29.8. The minimum atomic E-state index is -1.91. The van der Waals surface area contributed by atoms with Gasteiger partial charge >= 0.3 is 0 Å². The second-order valence-corrected chi connectivity index (χ2v) is 9.65. The van der Waals surface area contributed by atoms with Gasteiger partial charge < -0.3 is 30.5 Å². The Labute approximate surface area is 201 Å². The smallest absolute Gasteiger partial charge is 0.198 e. The summed E-state index contributed by atoms with van der Waals surface area (Å²) < 4.78 is 12.0. The largest absolute Gasteiger partial charge is 0.507 e. The van der Waals surface area contributed by atoms with E-state index in [1.54, 1.807) is 12.1 Å². The van der Waals surface area contributed by atoms with Crippen LogP contribution < -0.4 is 5.73 Å². The number of ether oxygens (including phenoxy) is 2. The van der Waals surface area contributed by atoms with Gasteiger partial charge in [0.25, 0.3) is 0 Å². The number of carbonyl (C=O) groups excluding carboxylic acids is 3. The molecule has 1 heterocycles. The number of hydrogen-bond acceptors (Lipinski definition) is 9.